The third kappa shape index (κ3) is 6.46. The van der Waals surface area contributed by atoms with Crippen molar-refractivity contribution in [1.29, 1.82) is 0 Å². The summed E-state index contributed by atoms with van der Waals surface area (Å²) in [6.07, 6.45) is 2.99. The predicted molar refractivity (Wildman–Crippen MR) is 125 cm³/mol. The molecule has 31 heavy (non-hydrogen) atoms. The quantitative estimate of drug-likeness (QED) is 0.447. The SMILES string of the molecule is COc1cc(C(O[Si](C)(C)C(C)(C)C)[C@H](CC(=O)O)OC2CCCC2)cc(OC)c1C. The molecule has 1 aromatic rings. The van der Waals surface area contributed by atoms with Crippen molar-refractivity contribution in [3.8, 4) is 11.5 Å². The van der Waals surface area contributed by atoms with Gasteiger partial charge in [-0.3, -0.25) is 4.79 Å². The second kappa shape index (κ2) is 10.4. The van der Waals surface area contributed by atoms with Gasteiger partial charge in [-0.15, -0.1) is 0 Å². The average Bonchev–Trinajstić information content (AvgIpc) is 3.18. The van der Waals surface area contributed by atoms with E-state index in [-0.39, 0.29) is 17.6 Å². The number of ether oxygens (including phenoxy) is 3. The first-order valence-corrected chi connectivity index (χ1v) is 14.1. The van der Waals surface area contributed by atoms with Crippen LogP contribution in [0.5, 0.6) is 11.5 Å². The highest BCUT2D eigenvalue weighted by Gasteiger charge is 2.43. The number of hydrogen-bond donors (Lipinski definition) is 1. The summed E-state index contributed by atoms with van der Waals surface area (Å²) in [5.74, 6) is 0.485. The van der Waals surface area contributed by atoms with Gasteiger partial charge in [0.05, 0.1) is 39.0 Å². The molecule has 0 spiro atoms. The molecule has 1 fully saturated rings. The van der Waals surface area contributed by atoms with Crippen molar-refractivity contribution in [2.24, 2.45) is 0 Å². The molecule has 6 nitrogen and oxygen atoms in total. The highest BCUT2D eigenvalue weighted by Crippen LogP contribution is 2.44. The van der Waals surface area contributed by atoms with Crippen LogP contribution in [-0.4, -0.2) is 45.8 Å². The van der Waals surface area contributed by atoms with E-state index < -0.39 is 26.5 Å². The van der Waals surface area contributed by atoms with Crippen LogP contribution in [0.4, 0.5) is 0 Å². The second-order valence-corrected chi connectivity index (χ2v) is 14.8. The Morgan fingerprint density at radius 2 is 1.65 bits per heavy atom. The van der Waals surface area contributed by atoms with Crippen molar-refractivity contribution in [2.75, 3.05) is 14.2 Å². The predicted octanol–water partition coefficient (Wildman–Crippen LogP) is 5.88. The molecule has 1 aliphatic carbocycles. The number of carbonyl (C=O) groups is 1. The first kappa shape index (κ1) is 25.7. The molecule has 0 radical (unpaired) electrons. The first-order valence-electron chi connectivity index (χ1n) is 11.2. The van der Waals surface area contributed by atoms with Crippen LogP contribution in [0, 0.1) is 6.92 Å². The highest BCUT2D eigenvalue weighted by molar-refractivity contribution is 6.74. The maximum Gasteiger partial charge on any atom is 0.306 e. The van der Waals surface area contributed by atoms with Crippen molar-refractivity contribution in [3.05, 3.63) is 23.3 Å². The minimum Gasteiger partial charge on any atom is -0.496 e. The van der Waals surface area contributed by atoms with Gasteiger partial charge < -0.3 is 23.7 Å². The van der Waals surface area contributed by atoms with E-state index in [0.29, 0.717) is 11.5 Å². The Morgan fingerprint density at radius 3 is 2.06 bits per heavy atom. The minimum atomic E-state index is -2.24. The maximum atomic E-state index is 11.8. The van der Waals surface area contributed by atoms with E-state index in [4.69, 9.17) is 18.6 Å². The number of benzene rings is 1. The number of methoxy groups -OCH3 is 2. The molecule has 0 heterocycles. The lowest BCUT2D eigenvalue weighted by atomic mass is 9.99. The Hall–Kier alpha value is -1.57. The number of hydrogen-bond acceptors (Lipinski definition) is 5. The summed E-state index contributed by atoms with van der Waals surface area (Å²) in [6.45, 7) is 12.8. The lowest BCUT2D eigenvalue weighted by molar-refractivity contribution is -0.145. The lowest BCUT2D eigenvalue weighted by Gasteiger charge is -2.42. The summed E-state index contributed by atoms with van der Waals surface area (Å²) >= 11 is 0. The summed E-state index contributed by atoms with van der Waals surface area (Å²) < 4.78 is 24.4. The fourth-order valence-corrected chi connectivity index (χ4v) is 5.07. The smallest absolute Gasteiger partial charge is 0.306 e. The van der Waals surface area contributed by atoms with E-state index >= 15 is 0 Å². The molecule has 0 amide bonds. The topological polar surface area (TPSA) is 74.2 Å². The lowest BCUT2D eigenvalue weighted by Crippen LogP contribution is -2.45. The van der Waals surface area contributed by atoms with Crippen LogP contribution < -0.4 is 9.47 Å². The number of carboxylic acid groups (broad SMARTS) is 1. The van der Waals surface area contributed by atoms with E-state index in [0.717, 1.165) is 36.8 Å². The van der Waals surface area contributed by atoms with Gasteiger partial charge in [0.2, 0.25) is 0 Å². The summed E-state index contributed by atoms with van der Waals surface area (Å²) in [5.41, 5.74) is 1.72. The number of aliphatic carboxylic acids is 1. The number of rotatable bonds is 10. The van der Waals surface area contributed by atoms with Crippen molar-refractivity contribution >= 4 is 14.3 Å². The van der Waals surface area contributed by atoms with Crippen molar-refractivity contribution in [1.82, 2.24) is 0 Å². The molecule has 0 aliphatic heterocycles. The van der Waals surface area contributed by atoms with E-state index in [2.05, 4.69) is 33.9 Å². The normalized spacial score (nSPS) is 17.4. The third-order valence-corrected chi connectivity index (χ3v) is 11.2. The summed E-state index contributed by atoms with van der Waals surface area (Å²) in [7, 11) is 1.00. The zero-order chi connectivity index (χ0) is 23.4. The molecule has 1 aromatic carbocycles. The largest absolute Gasteiger partial charge is 0.496 e. The van der Waals surface area contributed by atoms with Crippen LogP contribution in [-0.2, 0) is 14.0 Å². The van der Waals surface area contributed by atoms with Gasteiger partial charge in [0.1, 0.15) is 11.5 Å². The van der Waals surface area contributed by atoms with Crippen LogP contribution >= 0.6 is 0 Å². The fourth-order valence-electron chi connectivity index (χ4n) is 3.79. The molecule has 1 saturated carbocycles. The molecule has 0 aromatic heterocycles. The van der Waals surface area contributed by atoms with Gasteiger partial charge >= 0.3 is 5.97 Å². The Morgan fingerprint density at radius 1 is 1.13 bits per heavy atom. The van der Waals surface area contributed by atoms with Gasteiger partial charge in [0, 0.05) is 5.56 Å². The molecular weight excluding hydrogens is 412 g/mol. The van der Waals surface area contributed by atoms with Gasteiger partial charge in [-0.1, -0.05) is 33.6 Å². The number of carboxylic acids is 1. The van der Waals surface area contributed by atoms with Gasteiger partial charge in [0.15, 0.2) is 8.32 Å². The highest BCUT2D eigenvalue weighted by atomic mass is 28.4. The van der Waals surface area contributed by atoms with Crippen molar-refractivity contribution < 1.29 is 28.5 Å². The van der Waals surface area contributed by atoms with Crippen molar-refractivity contribution in [3.63, 3.8) is 0 Å². The van der Waals surface area contributed by atoms with Crippen LogP contribution in [0.2, 0.25) is 18.1 Å². The molecular formula is C24H40O6Si. The molecule has 7 heteroatoms. The zero-order valence-corrected chi connectivity index (χ0v) is 21.4. The van der Waals surface area contributed by atoms with Crippen LogP contribution in [0.15, 0.2) is 12.1 Å². The molecule has 1 unspecified atom stereocenters. The van der Waals surface area contributed by atoms with E-state index in [9.17, 15) is 9.90 Å². The molecule has 1 N–H and O–H groups in total. The zero-order valence-electron chi connectivity index (χ0n) is 20.4. The summed E-state index contributed by atoms with van der Waals surface area (Å²) in [5, 5.41) is 9.65. The Bertz CT molecular complexity index is 724. The molecule has 2 rings (SSSR count). The average molecular weight is 453 g/mol. The Kier molecular flexibility index (Phi) is 8.59. The second-order valence-electron chi connectivity index (χ2n) is 10.0. The summed E-state index contributed by atoms with van der Waals surface area (Å²) in [6, 6.07) is 3.87. The standard InChI is InChI=1S/C24H40O6Si/c1-16-19(27-5)13-17(14-20(16)28-6)23(30-31(7,8)24(2,3)4)21(15-22(25)26)29-18-11-9-10-12-18/h13-14,18,21,23H,9-12,15H2,1-8H3,(H,25,26)/t21-,23?/m0/s1. The van der Waals surface area contributed by atoms with Gasteiger partial charge in [0.25, 0.3) is 0 Å². The monoisotopic (exact) mass is 452 g/mol. The molecule has 0 saturated heterocycles. The van der Waals surface area contributed by atoms with E-state index in [1.165, 1.54) is 0 Å². The van der Waals surface area contributed by atoms with Gasteiger partial charge in [-0.25, -0.2) is 0 Å². The van der Waals surface area contributed by atoms with Crippen LogP contribution in [0.25, 0.3) is 0 Å². The van der Waals surface area contributed by atoms with Crippen LogP contribution in [0.1, 0.15) is 70.1 Å². The maximum absolute atomic E-state index is 11.8. The molecule has 2 atom stereocenters. The van der Waals surface area contributed by atoms with Gasteiger partial charge in [-0.05, 0) is 55.6 Å². The molecule has 1 aliphatic rings. The first-order chi connectivity index (χ1) is 14.4. The van der Waals surface area contributed by atoms with E-state index in [1.807, 2.05) is 19.1 Å². The van der Waals surface area contributed by atoms with Crippen LogP contribution in [0.3, 0.4) is 0 Å². The summed E-state index contributed by atoms with van der Waals surface area (Å²) in [4.78, 5) is 11.8. The molecule has 176 valence electrons. The minimum absolute atomic E-state index is 0.0365. The van der Waals surface area contributed by atoms with Crippen molar-refractivity contribution in [2.45, 2.75) is 96.2 Å². The van der Waals surface area contributed by atoms with E-state index in [1.54, 1.807) is 14.2 Å². The Labute approximate surface area is 188 Å². The van der Waals surface area contributed by atoms with Gasteiger partial charge in [-0.2, -0.15) is 0 Å². The Balaban J connectivity index is 2.56. The third-order valence-electron chi connectivity index (χ3n) is 6.71. The molecule has 0 bridgehead atoms. The fraction of sp³-hybridized carbons (Fsp3) is 0.708.